The minimum atomic E-state index is -0.654. The molecule has 0 bridgehead atoms. The van der Waals surface area contributed by atoms with E-state index in [9.17, 15) is 19.2 Å². The molecule has 1 saturated carbocycles. The topological polar surface area (TPSA) is 146 Å². The highest BCUT2D eigenvalue weighted by atomic mass is 16.5. The first kappa shape index (κ1) is 30.6. The molecule has 0 saturated heterocycles. The van der Waals surface area contributed by atoms with E-state index in [0.29, 0.717) is 32.2 Å². The quantitative estimate of drug-likeness (QED) is 0.104. The first-order chi connectivity index (χ1) is 18.7. The van der Waals surface area contributed by atoms with E-state index in [-0.39, 0.29) is 36.2 Å². The van der Waals surface area contributed by atoms with Gasteiger partial charge in [0.05, 0.1) is 6.04 Å². The molecule has 0 radical (unpaired) electrons. The number of carbonyl (C=O) groups is 4. The Morgan fingerprint density at radius 1 is 1.00 bits per heavy atom. The van der Waals surface area contributed by atoms with Crippen molar-refractivity contribution in [3.05, 3.63) is 29.3 Å². The Morgan fingerprint density at radius 2 is 1.69 bits per heavy atom. The number of carbonyl (C=O) groups excluding carboxylic acids is 4. The standard InChI is InChI=1S/C29H44N4O6/c1-19(2)15-25(29(37)39-23-9-7-8-10-23)32-28(36)24-17-20-13-14-22(16-21(20)18-30-24)31-26(34)11-5-3-4-6-12-27(35)33-38/h13-14,16,19,23-25,30,38H,3-12,15,17-18H2,1-2H3,(H,31,34)(H,32,36)(H,33,35)/t24-,25-/m0/s1. The van der Waals surface area contributed by atoms with Gasteiger partial charge in [-0.1, -0.05) is 32.8 Å². The van der Waals surface area contributed by atoms with E-state index in [1.54, 1.807) is 5.48 Å². The maximum Gasteiger partial charge on any atom is 0.328 e. The van der Waals surface area contributed by atoms with Gasteiger partial charge in [-0.2, -0.15) is 0 Å². The summed E-state index contributed by atoms with van der Waals surface area (Å²) >= 11 is 0. The average molecular weight is 545 g/mol. The zero-order valence-electron chi connectivity index (χ0n) is 23.2. The lowest BCUT2D eigenvalue weighted by Crippen LogP contribution is -2.53. The molecule has 2 atom stereocenters. The summed E-state index contributed by atoms with van der Waals surface area (Å²) in [6, 6.07) is 4.63. The molecule has 39 heavy (non-hydrogen) atoms. The molecule has 216 valence electrons. The van der Waals surface area contributed by atoms with Gasteiger partial charge in [0.2, 0.25) is 17.7 Å². The summed E-state index contributed by atoms with van der Waals surface area (Å²) < 4.78 is 5.69. The molecule has 10 heteroatoms. The molecular weight excluding hydrogens is 500 g/mol. The van der Waals surface area contributed by atoms with Crippen LogP contribution in [0.1, 0.15) is 95.6 Å². The molecule has 1 aliphatic heterocycles. The van der Waals surface area contributed by atoms with Crippen molar-refractivity contribution < 1.29 is 29.1 Å². The lowest BCUT2D eigenvalue weighted by Gasteiger charge is -2.28. The largest absolute Gasteiger partial charge is 0.461 e. The molecule has 1 fully saturated rings. The molecule has 3 rings (SSSR count). The number of hydroxylamine groups is 1. The van der Waals surface area contributed by atoms with E-state index in [2.05, 4.69) is 16.0 Å². The van der Waals surface area contributed by atoms with Crippen LogP contribution in [0.4, 0.5) is 5.69 Å². The van der Waals surface area contributed by atoms with Crippen molar-refractivity contribution in [2.45, 2.75) is 116 Å². The Morgan fingerprint density at radius 3 is 2.36 bits per heavy atom. The predicted octanol–water partition coefficient (Wildman–Crippen LogP) is 3.50. The molecule has 3 amide bonds. The highest BCUT2D eigenvalue weighted by Crippen LogP contribution is 2.24. The number of hydrogen-bond acceptors (Lipinski definition) is 7. The van der Waals surface area contributed by atoms with Gasteiger partial charge in [0.15, 0.2) is 0 Å². The van der Waals surface area contributed by atoms with Crippen molar-refractivity contribution in [1.82, 2.24) is 16.1 Å². The van der Waals surface area contributed by atoms with Crippen LogP contribution in [0.5, 0.6) is 0 Å². The molecule has 2 aliphatic rings. The smallest absolute Gasteiger partial charge is 0.328 e. The third-order valence-corrected chi connectivity index (χ3v) is 7.34. The van der Waals surface area contributed by atoms with Crippen molar-refractivity contribution >= 4 is 29.4 Å². The van der Waals surface area contributed by atoms with E-state index in [0.717, 1.165) is 61.8 Å². The van der Waals surface area contributed by atoms with Crippen molar-refractivity contribution in [3.63, 3.8) is 0 Å². The summed E-state index contributed by atoms with van der Waals surface area (Å²) in [7, 11) is 0. The fourth-order valence-corrected chi connectivity index (χ4v) is 5.19. The van der Waals surface area contributed by atoms with Crippen LogP contribution in [0.2, 0.25) is 0 Å². The minimum absolute atomic E-state index is 0.0365. The van der Waals surface area contributed by atoms with Gasteiger partial charge in [0, 0.05) is 25.1 Å². The predicted molar refractivity (Wildman–Crippen MR) is 147 cm³/mol. The summed E-state index contributed by atoms with van der Waals surface area (Å²) in [5.41, 5.74) is 4.39. The van der Waals surface area contributed by atoms with Crippen LogP contribution in [0, 0.1) is 5.92 Å². The Balaban J connectivity index is 1.45. The maximum absolute atomic E-state index is 13.1. The number of nitrogens with one attached hydrogen (secondary N) is 4. The van der Waals surface area contributed by atoms with Crippen molar-refractivity contribution in [2.24, 2.45) is 5.92 Å². The van der Waals surface area contributed by atoms with Gasteiger partial charge in [-0.25, -0.2) is 10.3 Å². The number of esters is 1. The fraction of sp³-hybridized carbons (Fsp3) is 0.655. The van der Waals surface area contributed by atoms with Gasteiger partial charge in [-0.05, 0) is 80.5 Å². The molecule has 0 unspecified atom stereocenters. The first-order valence-electron chi connectivity index (χ1n) is 14.3. The van der Waals surface area contributed by atoms with E-state index in [1.807, 2.05) is 32.0 Å². The van der Waals surface area contributed by atoms with Crippen LogP contribution >= 0.6 is 0 Å². The number of hydrogen-bond donors (Lipinski definition) is 5. The average Bonchev–Trinajstić information content (AvgIpc) is 3.42. The highest BCUT2D eigenvalue weighted by Gasteiger charge is 2.31. The van der Waals surface area contributed by atoms with E-state index in [4.69, 9.17) is 9.94 Å². The van der Waals surface area contributed by atoms with Crippen LogP contribution < -0.4 is 21.4 Å². The molecule has 0 spiro atoms. The molecule has 10 nitrogen and oxygen atoms in total. The van der Waals surface area contributed by atoms with Crippen LogP contribution in [-0.4, -0.2) is 47.1 Å². The highest BCUT2D eigenvalue weighted by molar-refractivity contribution is 5.91. The lowest BCUT2D eigenvalue weighted by molar-refractivity contribution is -0.153. The van der Waals surface area contributed by atoms with Gasteiger partial charge < -0.3 is 20.7 Å². The summed E-state index contributed by atoms with van der Waals surface area (Å²) in [6.45, 7) is 4.53. The van der Waals surface area contributed by atoms with Gasteiger partial charge in [0.1, 0.15) is 12.1 Å². The number of anilines is 1. The lowest BCUT2D eigenvalue weighted by atomic mass is 9.94. The van der Waals surface area contributed by atoms with Crippen LogP contribution in [-0.2, 0) is 36.9 Å². The molecular formula is C29H44N4O6. The first-order valence-corrected chi connectivity index (χ1v) is 14.3. The summed E-state index contributed by atoms with van der Waals surface area (Å²) in [5.74, 6) is -0.764. The summed E-state index contributed by atoms with van der Waals surface area (Å²) in [4.78, 5) is 49.2. The normalized spacial score (nSPS) is 17.8. The number of benzene rings is 1. The SMILES string of the molecule is CC(C)C[C@H](NC(=O)[C@@H]1Cc2ccc(NC(=O)CCCCCCC(=O)NO)cc2CN1)C(=O)OC1CCCC1. The van der Waals surface area contributed by atoms with E-state index < -0.39 is 18.0 Å². The van der Waals surface area contributed by atoms with Gasteiger partial charge >= 0.3 is 5.97 Å². The second-order valence-corrected chi connectivity index (χ2v) is 11.2. The minimum Gasteiger partial charge on any atom is -0.461 e. The fourth-order valence-electron chi connectivity index (χ4n) is 5.19. The Bertz CT molecular complexity index is 992. The zero-order valence-corrected chi connectivity index (χ0v) is 23.2. The molecule has 1 aliphatic carbocycles. The van der Waals surface area contributed by atoms with Crippen molar-refractivity contribution in [2.75, 3.05) is 5.32 Å². The zero-order chi connectivity index (χ0) is 28.2. The molecule has 0 aromatic heterocycles. The Hall–Kier alpha value is -2.98. The third-order valence-electron chi connectivity index (χ3n) is 7.34. The van der Waals surface area contributed by atoms with Gasteiger partial charge in [-0.15, -0.1) is 0 Å². The van der Waals surface area contributed by atoms with Gasteiger partial charge in [0.25, 0.3) is 0 Å². The number of fused-ring (bicyclic) bond motifs is 1. The third kappa shape index (κ3) is 10.3. The van der Waals surface area contributed by atoms with E-state index in [1.165, 1.54) is 0 Å². The number of rotatable bonds is 14. The Labute approximate surface area is 231 Å². The van der Waals surface area contributed by atoms with Crippen LogP contribution in [0.25, 0.3) is 0 Å². The van der Waals surface area contributed by atoms with Crippen LogP contribution in [0.3, 0.4) is 0 Å². The van der Waals surface area contributed by atoms with Crippen molar-refractivity contribution in [1.29, 1.82) is 0 Å². The molecule has 1 aromatic rings. The number of amides is 3. The van der Waals surface area contributed by atoms with E-state index >= 15 is 0 Å². The monoisotopic (exact) mass is 544 g/mol. The number of unbranched alkanes of at least 4 members (excludes halogenated alkanes) is 3. The maximum atomic E-state index is 13.1. The van der Waals surface area contributed by atoms with Crippen molar-refractivity contribution in [3.8, 4) is 0 Å². The summed E-state index contributed by atoms with van der Waals surface area (Å²) in [5, 5.41) is 17.6. The van der Waals surface area contributed by atoms with Gasteiger partial charge in [-0.3, -0.25) is 19.6 Å². The molecule has 1 aromatic carbocycles. The number of ether oxygens (including phenoxy) is 1. The van der Waals surface area contributed by atoms with Crippen LogP contribution in [0.15, 0.2) is 18.2 Å². The molecule has 1 heterocycles. The molecule has 5 N–H and O–H groups in total. The second-order valence-electron chi connectivity index (χ2n) is 11.2. The Kier molecular flexibility index (Phi) is 12.2. The summed E-state index contributed by atoms with van der Waals surface area (Å²) in [6.07, 6.45) is 8.65. The second kappa shape index (κ2) is 15.6.